The monoisotopic (exact) mass is 403 g/mol. The van der Waals surface area contributed by atoms with Crippen LogP contribution in [-0.4, -0.2) is 63.3 Å². The van der Waals surface area contributed by atoms with Gasteiger partial charge in [-0.3, -0.25) is 9.20 Å². The van der Waals surface area contributed by atoms with Crippen molar-refractivity contribution in [1.82, 2.24) is 24.2 Å². The largest absolute Gasteiger partial charge is 0.441 e. The van der Waals surface area contributed by atoms with Gasteiger partial charge in [-0.25, -0.2) is 9.97 Å². The van der Waals surface area contributed by atoms with Crippen LogP contribution in [0.5, 0.6) is 0 Å². The summed E-state index contributed by atoms with van der Waals surface area (Å²) in [6.45, 7) is 3.39. The fourth-order valence-electron chi connectivity index (χ4n) is 4.28. The number of carbonyl (C=O) groups excluding carboxylic acids is 1. The van der Waals surface area contributed by atoms with Crippen molar-refractivity contribution in [2.24, 2.45) is 0 Å². The fraction of sp³-hybridized carbons (Fsp3) is 0.348. The number of nitrogens with zero attached hydrogens (tertiary/aromatic N) is 5. The van der Waals surface area contributed by atoms with Gasteiger partial charge in [-0.2, -0.15) is 0 Å². The minimum absolute atomic E-state index is 0.0411. The van der Waals surface area contributed by atoms with Gasteiger partial charge in [-0.05, 0) is 62.3 Å². The van der Waals surface area contributed by atoms with Gasteiger partial charge in [0.2, 0.25) is 0 Å². The number of hydrogen-bond donors (Lipinski definition) is 0. The number of fused-ring (bicyclic) bond motifs is 2. The maximum atomic E-state index is 13.2. The Kier molecular flexibility index (Phi) is 4.55. The van der Waals surface area contributed by atoms with Crippen molar-refractivity contribution in [3.8, 4) is 11.1 Å². The van der Waals surface area contributed by atoms with Crippen LogP contribution in [-0.2, 0) is 0 Å². The van der Waals surface area contributed by atoms with Crippen molar-refractivity contribution < 1.29 is 9.21 Å². The molecule has 4 heterocycles. The second kappa shape index (κ2) is 7.25. The molecule has 5 rings (SSSR count). The fourth-order valence-corrected chi connectivity index (χ4v) is 4.28. The maximum Gasteiger partial charge on any atom is 0.272 e. The van der Waals surface area contributed by atoms with Gasteiger partial charge in [-0.1, -0.05) is 6.07 Å². The molecule has 7 nitrogen and oxygen atoms in total. The lowest BCUT2D eigenvalue weighted by Gasteiger charge is -2.35. The first kappa shape index (κ1) is 18.8. The molecule has 30 heavy (non-hydrogen) atoms. The molecule has 1 aliphatic heterocycles. The molecule has 7 heteroatoms. The van der Waals surface area contributed by atoms with Crippen LogP contribution in [0.1, 0.15) is 29.2 Å². The van der Waals surface area contributed by atoms with Crippen LogP contribution >= 0.6 is 0 Å². The first-order valence-corrected chi connectivity index (χ1v) is 10.3. The highest BCUT2D eigenvalue weighted by atomic mass is 16.3. The zero-order valence-corrected chi connectivity index (χ0v) is 17.5. The van der Waals surface area contributed by atoms with Crippen LogP contribution in [0.15, 0.2) is 47.1 Å². The predicted molar refractivity (Wildman–Crippen MR) is 116 cm³/mol. The van der Waals surface area contributed by atoms with E-state index in [2.05, 4.69) is 29.0 Å². The van der Waals surface area contributed by atoms with E-state index in [4.69, 9.17) is 4.42 Å². The molecular weight excluding hydrogens is 378 g/mol. The number of piperidine rings is 1. The van der Waals surface area contributed by atoms with Crippen LogP contribution in [0.4, 0.5) is 0 Å². The van der Waals surface area contributed by atoms with E-state index in [0.717, 1.165) is 53.8 Å². The number of amides is 1. The minimum atomic E-state index is 0.0411. The second-order valence-electron chi connectivity index (χ2n) is 8.19. The Balaban J connectivity index is 1.46. The van der Waals surface area contributed by atoms with E-state index in [1.807, 2.05) is 52.8 Å². The highest BCUT2D eigenvalue weighted by molar-refractivity contribution is 5.93. The summed E-state index contributed by atoms with van der Waals surface area (Å²) in [5.41, 5.74) is 5.00. The van der Waals surface area contributed by atoms with Crippen LogP contribution in [0.25, 0.3) is 27.9 Å². The third-order valence-corrected chi connectivity index (χ3v) is 6.03. The maximum absolute atomic E-state index is 13.2. The van der Waals surface area contributed by atoms with Gasteiger partial charge in [0.15, 0.2) is 11.5 Å². The Morgan fingerprint density at radius 2 is 1.90 bits per heavy atom. The van der Waals surface area contributed by atoms with E-state index in [9.17, 15) is 4.79 Å². The van der Waals surface area contributed by atoms with Crippen LogP contribution < -0.4 is 0 Å². The lowest BCUT2D eigenvalue weighted by atomic mass is 10.0. The van der Waals surface area contributed by atoms with Gasteiger partial charge in [0, 0.05) is 32.3 Å². The summed E-state index contributed by atoms with van der Waals surface area (Å²) in [7, 11) is 4.21. The predicted octanol–water partition coefficient (Wildman–Crippen LogP) is 3.62. The van der Waals surface area contributed by atoms with Gasteiger partial charge >= 0.3 is 0 Å². The van der Waals surface area contributed by atoms with Crippen molar-refractivity contribution >= 4 is 22.7 Å². The number of hydrogen-bond acceptors (Lipinski definition) is 5. The summed E-state index contributed by atoms with van der Waals surface area (Å²) in [4.78, 5) is 26.3. The number of imidazole rings is 1. The quantitative estimate of drug-likeness (QED) is 0.523. The Labute approximate surface area is 174 Å². The van der Waals surface area contributed by atoms with Crippen molar-refractivity contribution in [3.05, 3.63) is 54.3 Å². The average Bonchev–Trinajstić information content (AvgIpc) is 3.34. The Morgan fingerprint density at radius 3 is 2.67 bits per heavy atom. The number of aryl methyl sites for hydroxylation is 1. The standard InChI is InChI=1S/C23H25N5O2/c1-15-25-19-12-16(4-6-21(19)30-15)17-5-7-22-24-13-20(28(22)14-17)23(29)27-10-8-18(9-11-27)26(2)3/h4-7,12-14,18H,8-11H2,1-3H3. The highest BCUT2D eigenvalue weighted by Gasteiger charge is 2.26. The van der Waals surface area contributed by atoms with Crippen LogP contribution in [0, 0.1) is 6.92 Å². The molecule has 1 aliphatic rings. The third-order valence-electron chi connectivity index (χ3n) is 6.03. The third kappa shape index (κ3) is 3.25. The summed E-state index contributed by atoms with van der Waals surface area (Å²) in [5.74, 6) is 0.692. The molecule has 3 aromatic heterocycles. The molecule has 0 unspecified atom stereocenters. The SMILES string of the molecule is Cc1nc2cc(-c3ccc4ncc(C(=O)N5CCC(N(C)C)CC5)n4c3)ccc2o1. The van der Waals surface area contributed by atoms with Gasteiger partial charge in [-0.15, -0.1) is 0 Å². The van der Waals surface area contributed by atoms with E-state index in [1.54, 1.807) is 6.20 Å². The van der Waals surface area contributed by atoms with E-state index >= 15 is 0 Å². The first-order valence-electron chi connectivity index (χ1n) is 10.3. The molecule has 0 bridgehead atoms. The Morgan fingerprint density at radius 1 is 1.13 bits per heavy atom. The molecule has 154 valence electrons. The number of oxazole rings is 1. The molecule has 0 saturated carbocycles. The second-order valence-corrected chi connectivity index (χ2v) is 8.19. The lowest BCUT2D eigenvalue weighted by molar-refractivity contribution is 0.0656. The van der Waals surface area contributed by atoms with Gasteiger partial charge in [0.25, 0.3) is 5.91 Å². The van der Waals surface area contributed by atoms with Gasteiger partial charge in [0.1, 0.15) is 16.9 Å². The number of aromatic nitrogens is 3. The number of rotatable bonds is 3. The average molecular weight is 403 g/mol. The molecule has 0 radical (unpaired) electrons. The summed E-state index contributed by atoms with van der Waals surface area (Å²) < 4.78 is 7.47. The molecule has 0 spiro atoms. The van der Waals surface area contributed by atoms with Crippen molar-refractivity contribution in [2.45, 2.75) is 25.8 Å². The van der Waals surface area contributed by atoms with Crippen molar-refractivity contribution in [2.75, 3.05) is 27.2 Å². The molecule has 0 aliphatic carbocycles. The summed E-state index contributed by atoms with van der Waals surface area (Å²) in [5, 5.41) is 0. The molecular formula is C23H25N5O2. The number of benzene rings is 1. The smallest absolute Gasteiger partial charge is 0.272 e. The molecule has 1 amide bonds. The van der Waals surface area contributed by atoms with Gasteiger partial charge < -0.3 is 14.2 Å². The number of carbonyl (C=O) groups is 1. The van der Waals surface area contributed by atoms with E-state index in [0.29, 0.717) is 17.6 Å². The molecule has 0 atom stereocenters. The molecule has 1 aromatic carbocycles. The van der Waals surface area contributed by atoms with E-state index in [-0.39, 0.29) is 5.91 Å². The Bertz CT molecular complexity index is 1230. The minimum Gasteiger partial charge on any atom is -0.441 e. The van der Waals surface area contributed by atoms with Crippen molar-refractivity contribution in [3.63, 3.8) is 0 Å². The first-order chi connectivity index (χ1) is 14.5. The molecule has 1 saturated heterocycles. The Hall–Kier alpha value is -3.19. The number of likely N-dealkylation sites (tertiary alicyclic amines) is 1. The molecule has 4 aromatic rings. The molecule has 1 fully saturated rings. The highest BCUT2D eigenvalue weighted by Crippen LogP contribution is 2.26. The summed E-state index contributed by atoms with van der Waals surface area (Å²) in [6.07, 6.45) is 5.66. The lowest BCUT2D eigenvalue weighted by Crippen LogP contribution is -2.44. The van der Waals surface area contributed by atoms with E-state index < -0.39 is 0 Å². The molecule has 0 N–H and O–H groups in total. The van der Waals surface area contributed by atoms with E-state index in [1.165, 1.54) is 0 Å². The van der Waals surface area contributed by atoms with Gasteiger partial charge in [0.05, 0.1) is 6.20 Å². The summed E-state index contributed by atoms with van der Waals surface area (Å²) in [6, 6.07) is 10.5. The number of pyridine rings is 1. The van der Waals surface area contributed by atoms with Crippen LogP contribution in [0.3, 0.4) is 0 Å². The zero-order valence-electron chi connectivity index (χ0n) is 17.5. The normalized spacial score (nSPS) is 15.5. The van der Waals surface area contributed by atoms with Crippen LogP contribution in [0.2, 0.25) is 0 Å². The summed E-state index contributed by atoms with van der Waals surface area (Å²) >= 11 is 0. The topological polar surface area (TPSA) is 66.9 Å². The van der Waals surface area contributed by atoms with Crippen molar-refractivity contribution in [1.29, 1.82) is 0 Å². The zero-order chi connectivity index (χ0) is 20.8.